The number of anilines is 1. The quantitative estimate of drug-likeness (QED) is 0.734. The summed E-state index contributed by atoms with van der Waals surface area (Å²) in [6.45, 7) is 6.20. The number of aliphatic imine (C=N–C) groups is 1. The number of allylic oxidation sites excluding steroid dienone is 3. The first kappa shape index (κ1) is 21.6. The molecular formula is C23H31ClN4O. The Morgan fingerprint density at radius 2 is 2.07 bits per heavy atom. The van der Waals surface area contributed by atoms with Crippen LogP contribution >= 0.6 is 11.6 Å². The minimum Gasteiger partial charge on any atom is -0.364 e. The Labute approximate surface area is 178 Å². The highest BCUT2D eigenvalue weighted by Gasteiger charge is 2.23. The summed E-state index contributed by atoms with van der Waals surface area (Å²) in [6.07, 6.45) is 8.76. The molecule has 0 aromatic heterocycles. The van der Waals surface area contributed by atoms with E-state index < -0.39 is 0 Å². The topological polar surface area (TPSA) is 56.7 Å². The second-order valence-corrected chi connectivity index (χ2v) is 8.55. The molecule has 0 radical (unpaired) electrons. The molecule has 2 aliphatic heterocycles. The number of rotatable bonds is 5. The number of nitrogens with zero attached hydrogens (tertiary/aromatic N) is 2. The molecule has 1 unspecified atom stereocenters. The number of piperidine rings is 1. The first-order chi connectivity index (χ1) is 13.9. The monoisotopic (exact) mass is 414 g/mol. The number of halogens is 1. The van der Waals surface area contributed by atoms with E-state index >= 15 is 0 Å². The fraction of sp³-hybridized carbons (Fsp3) is 0.478. The largest absolute Gasteiger partial charge is 0.364 e. The van der Waals surface area contributed by atoms with E-state index in [-0.39, 0.29) is 17.9 Å². The van der Waals surface area contributed by atoms with Crippen LogP contribution in [0.2, 0.25) is 0 Å². The molecule has 2 atom stereocenters. The maximum Gasteiger partial charge on any atom is 0.227 e. The normalized spacial score (nSPS) is 26.8. The Balaban J connectivity index is 1.65. The van der Waals surface area contributed by atoms with E-state index in [0.29, 0.717) is 11.1 Å². The molecule has 29 heavy (non-hydrogen) atoms. The number of carbonyl (C=O) groups excluding carboxylic acids is 1. The van der Waals surface area contributed by atoms with Crippen LogP contribution in [-0.4, -0.2) is 36.1 Å². The molecule has 1 amide bonds. The summed E-state index contributed by atoms with van der Waals surface area (Å²) >= 11 is 6.16. The smallest absolute Gasteiger partial charge is 0.227 e. The number of likely N-dealkylation sites (tertiary alicyclic amines) is 1. The third kappa shape index (κ3) is 6.44. The van der Waals surface area contributed by atoms with Gasteiger partial charge in [-0.05, 0) is 82.1 Å². The first-order valence-electron chi connectivity index (χ1n) is 10.4. The van der Waals surface area contributed by atoms with Gasteiger partial charge in [0, 0.05) is 11.6 Å². The lowest BCUT2D eigenvalue weighted by Crippen LogP contribution is -2.35. The molecule has 2 heterocycles. The molecule has 0 bridgehead atoms. The van der Waals surface area contributed by atoms with E-state index in [4.69, 9.17) is 11.6 Å². The summed E-state index contributed by atoms with van der Waals surface area (Å²) in [5.74, 6) is 1.38. The fourth-order valence-corrected chi connectivity index (χ4v) is 3.87. The van der Waals surface area contributed by atoms with E-state index in [9.17, 15) is 4.79 Å². The van der Waals surface area contributed by atoms with Gasteiger partial charge < -0.3 is 15.5 Å². The highest BCUT2D eigenvalue weighted by atomic mass is 35.5. The van der Waals surface area contributed by atoms with Gasteiger partial charge in [-0.2, -0.15) is 0 Å². The van der Waals surface area contributed by atoms with Crippen molar-refractivity contribution in [3.63, 3.8) is 0 Å². The zero-order valence-corrected chi connectivity index (χ0v) is 18.2. The summed E-state index contributed by atoms with van der Waals surface area (Å²) < 4.78 is 0. The van der Waals surface area contributed by atoms with Crippen molar-refractivity contribution in [1.29, 1.82) is 0 Å². The Morgan fingerprint density at radius 1 is 1.31 bits per heavy atom. The average Bonchev–Trinajstić information content (AvgIpc) is 2.67. The van der Waals surface area contributed by atoms with E-state index in [2.05, 4.69) is 53.6 Å². The van der Waals surface area contributed by atoms with Crippen molar-refractivity contribution in [2.24, 2.45) is 16.8 Å². The maximum atomic E-state index is 12.6. The molecule has 5 nitrogen and oxygen atoms in total. The van der Waals surface area contributed by atoms with Crippen molar-refractivity contribution < 1.29 is 4.79 Å². The molecule has 2 N–H and O–H groups in total. The van der Waals surface area contributed by atoms with Gasteiger partial charge in [0.15, 0.2) is 0 Å². The van der Waals surface area contributed by atoms with E-state index in [0.717, 1.165) is 49.4 Å². The maximum absolute atomic E-state index is 12.6. The second kappa shape index (κ2) is 10.1. The van der Waals surface area contributed by atoms with Gasteiger partial charge in [-0.15, -0.1) is 0 Å². The van der Waals surface area contributed by atoms with Crippen molar-refractivity contribution in [3.05, 3.63) is 53.9 Å². The number of hydrogen-bond donors (Lipinski definition) is 2. The third-order valence-corrected chi connectivity index (χ3v) is 5.75. The Kier molecular flexibility index (Phi) is 7.51. The number of nitrogens with one attached hydrogen (secondary N) is 2. The molecule has 156 valence electrons. The molecule has 0 aliphatic carbocycles. The fourth-order valence-electron chi connectivity index (χ4n) is 3.69. The van der Waals surface area contributed by atoms with Gasteiger partial charge in [0.05, 0.1) is 6.04 Å². The molecule has 1 fully saturated rings. The lowest BCUT2D eigenvalue weighted by molar-refractivity contribution is -0.121. The molecular weight excluding hydrogens is 384 g/mol. The van der Waals surface area contributed by atoms with Crippen LogP contribution in [0, 0.1) is 11.8 Å². The number of carbonyl (C=O) groups is 1. The third-order valence-electron chi connectivity index (χ3n) is 5.54. The van der Waals surface area contributed by atoms with Crippen molar-refractivity contribution in [1.82, 2.24) is 10.2 Å². The predicted octanol–water partition coefficient (Wildman–Crippen LogP) is 4.69. The Bertz CT molecular complexity index is 809. The SMILES string of the molecule is CC1\C=C(N[C@@H](C)c2cccc(NC(=O)C3CCN(C)CC3)c2)/N=C(Cl)\C=C\C1. The van der Waals surface area contributed by atoms with Gasteiger partial charge in [0.1, 0.15) is 11.0 Å². The van der Waals surface area contributed by atoms with Gasteiger partial charge in [0.2, 0.25) is 5.91 Å². The highest BCUT2D eigenvalue weighted by molar-refractivity contribution is 6.68. The predicted molar refractivity (Wildman–Crippen MR) is 121 cm³/mol. The van der Waals surface area contributed by atoms with Gasteiger partial charge in [-0.25, -0.2) is 4.99 Å². The standard InChI is InChI=1S/C23H31ClN4O/c1-16-6-4-9-21(24)27-22(14-16)25-17(2)19-7-5-8-20(15-19)26-23(29)18-10-12-28(3)13-11-18/h4-5,7-9,14-18,25H,6,10-13H2,1-3H3,(H,26,29)/b9-4+,22-14-,27-21+/t16?,17-/m0/s1. The van der Waals surface area contributed by atoms with E-state index in [1.807, 2.05) is 30.4 Å². The van der Waals surface area contributed by atoms with Crippen LogP contribution in [0.4, 0.5) is 5.69 Å². The van der Waals surface area contributed by atoms with Crippen LogP contribution in [0.3, 0.4) is 0 Å². The van der Waals surface area contributed by atoms with Crippen molar-refractivity contribution >= 4 is 28.4 Å². The van der Waals surface area contributed by atoms with Crippen LogP contribution in [0.5, 0.6) is 0 Å². The van der Waals surface area contributed by atoms with Crippen LogP contribution < -0.4 is 10.6 Å². The van der Waals surface area contributed by atoms with Gasteiger partial charge in [0.25, 0.3) is 0 Å². The summed E-state index contributed by atoms with van der Waals surface area (Å²) in [7, 11) is 2.10. The highest BCUT2D eigenvalue weighted by Crippen LogP contribution is 2.23. The lowest BCUT2D eigenvalue weighted by Gasteiger charge is -2.28. The van der Waals surface area contributed by atoms with Crippen molar-refractivity contribution in [2.45, 2.75) is 39.2 Å². The molecule has 6 heteroatoms. The molecule has 2 aliphatic rings. The number of amides is 1. The van der Waals surface area contributed by atoms with Gasteiger partial charge in [-0.3, -0.25) is 4.79 Å². The Morgan fingerprint density at radius 3 is 2.83 bits per heavy atom. The molecule has 1 aromatic carbocycles. The van der Waals surface area contributed by atoms with E-state index in [1.54, 1.807) is 0 Å². The number of hydrogen-bond acceptors (Lipinski definition) is 4. The minimum absolute atomic E-state index is 0.0326. The molecule has 3 rings (SSSR count). The zero-order chi connectivity index (χ0) is 20.8. The zero-order valence-electron chi connectivity index (χ0n) is 17.5. The first-order valence-corrected chi connectivity index (χ1v) is 10.8. The summed E-state index contributed by atoms with van der Waals surface area (Å²) in [5, 5.41) is 7.02. The van der Waals surface area contributed by atoms with Crippen LogP contribution in [0.1, 0.15) is 44.7 Å². The van der Waals surface area contributed by atoms with E-state index in [1.165, 1.54) is 0 Å². The molecule has 0 saturated carbocycles. The minimum atomic E-state index is 0.0326. The van der Waals surface area contributed by atoms with Crippen LogP contribution in [0.15, 0.2) is 53.3 Å². The molecule has 1 saturated heterocycles. The summed E-state index contributed by atoms with van der Waals surface area (Å²) in [6, 6.07) is 8.04. The lowest BCUT2D eigenvalue weighted by atomic mass is 9.96. The van der Waals surface area contributed by atoms with Gasteiger partial charge in [-0.1, -0.05) is 36.7 Å². The average molecular weight is 415 g/mol. The number of benzene rings is 1. The Hall–Kier alpha value is -2.11. The van der Waals surface area contributed by atoms with Crippen molar-refractivity contribution in [3.8, 4) is 0 Å². The second-order valence-electron chi connectivity index (χ2n) is 8.16. The van der Waals surface area contributed by atoms with Gasteiger partial charge >= 0.3 is 0 Å². The van der Waals surface area contributed by atoms with Crippen molar-refractivity contribution in [2.75, 3.05) is 25.5 Å². The van der Waals surface area contributed by atoms with Crippen LogP contribution in [0.25, 0.3) is 0 Å². The molecule has 0 spiro atoms. The molecule has 1 aromatic rings. The van der Waals surface area contributed by atoms with Crippen LogP contribution in [-0.2, 0) is 4.79 Å². The summed E-state index contributed by atoms with van der Waals surface area (Å²) in [5.41, 5.74) is 1.92. The summed E-state index contributed by atoms with van der Waals surface area (Å²) in [4.78, 5) is 19.4.